The van der Waals surface area contributed by atoms with E-state index in [0.29, 0.717) is 11.4 Å². The molecule has 0 saturated heterocycles. The summed E-state index contributed by atoms with van der Waals surface area (Å²) >= 11 is 11.8. The van der Waals surface area contributed by atoms with E-state index >= 15 is 0 Å². The van der Waals surface area contributed by atoms with Gasteiger partial charge in [-0.2, -0.15) is 13.2 Å². The molecule has 0 aliphatic heterocycles. The van der Waals surface area contributed by atoms with Gasteiger partial charge in [0.15, 0.2) is 0 Å². The Kier molecular flexibility index (Phi) is 4.38. The van der Waals surface area contributed by atoms with Crippen LogP contribution in [0.25, 0.3) is 0 Å². The van der Waals surface area contributed by atoms with Gasteiger partial charge in [0.25, 0.3) is 0 Å². The maximum absolute atomic E-state index is 12.1. The van der Waals surface area contributed by atoms with Crippen LogP contribution < -0.4 is 10.6 Å². The molecule has 1 aromatic rings. The molecule has 0 fully saturated rings. The number of hydrogen-bond acceptors (Lipinski definition) is 2. The molecule has 1 aromatic carbocycles. The summed E-state index contributed by atoms with van der Waals surface area (Å²) in [6.07, 6.45) is -5.14. The van der Waals surface area contributed by atoms with Gasteiger partial charge in [-0.25, -0.2) is 0 Å². The second-order valence-electron chi connectivity index (χ2n) is 3.62. The minimum atomic E-state index is -4.21. The Morgan fingerprint density at radius 1 is 1.24 bits per heavy atom. The van der Waals surface area contributed by atoms with E-state index in [1.807, 2.05) is 0 Å². The minimum absolute atomic E-state index is 0.215. The first-order valence-electron chi connectivity index (χ1n) is 4.73. The summed E-state index contributed by atoms with van der Waals surface area (Å²) in [5.74, 6) is 0. The molecule has 2 nitrogen and oxygen atoms in total. The Bertz CT molecular complexity index is 384. The number of benzene rings is 1. The maximum atomic E-state index is 12.1. The number of nitrogen functional groups attached to an aromatic ring is 1. The minimum Gasteiger partial charge on any atom is -0.399 e. The highest BCUT2D eigenvalue weighted by molar-refractivity contribution is 6.39. The van der Waals surface area contributed by atoms with Gasteiger partial charge in [-0.05, 0) is 12.1 Å². The van der Waals surface area contributed by atoms with Gasteiger partial charge in [0.05, 0.1) is 22.2 Å². The van der Waals surface area contributed by atoms with Crippen molar-refractivity contribution in [3.63, 3.8) is 0 Å². The lowest BCUT2D eigenvalue weighted by atomic mass is 10.2. The lowest BCUT2D eigenvalue weighted by Crippen LogP contribution is -2.24. The zero-order valence-corrected chi connectivity index (χ0v) is 10.5. The van der Waals surface area contributed by atoms with Crippen molar-refractivity contribution in [3.05, 3.63) is 22.2 Å². The lowest BCUT2D eigenvalue weighted by molar-refractivity contribution is -0.132. The van der Waals surface area contributed by atoms with Crippen LogP contribution in [0.5, 0.6) is 0 Å². The third kappa shape index (κ3) is 4.16. The van der Waals surface area contributed by atoms with E-state index in [9.17, 15) is 13.2 Å². The average Bonchev–Trinajstić information content (AvgIpc) is 2.11. The number of rotatable bonds is 3. The third-order valence-electron chi connectivity index (χ3n) is 2.15. The van der Waals surface area contributed by atoms with Gasteiger partial charge >= 0.3 is 6.18 Å². The first-order valence-corrected chi connectivity index (χ1v) is 5.48. The van der Waals surface area contributed by atoms with Crippen LogP contribution in [0, 0.1) is 0 Å². The summed E-state index contributed by atoms with van der Waals surface area (Å²) in [4.78, 5) is 1.36. The standard InChI is InChI=1S/C10H11Cl2F3N2/c1-17(3-2-10(13,14)15)9-7(11)4-6(16)5-8(9)12/h4-5H,2-3,16H2,1H3. The highest BCUT2D eigenvalue weighted by Gasteiger charge is 2.27. The molecule has 0 aliphatic carbocycles. The SMILES string of the molecule is CN(CCC(F)(F)F)c1c(Cl)cc(N)cc1Cl. The van der Waals surface area contributed by atoms with Crippen molar-refractivity contribution in [2.45, 2.75) is 12.6 Å². The molecule has 0 unspecified atom stereocenters. The summed E-state index contributed by atoms with van der Waals surface area (Å²) in [6, 6.07) is 2.90. The van der Waals surface area contributed by atoms with E-state index in [1.54, 1.807) is 0 Å². The second-order valence-corrected chi connectivity index (χ2v) is 4.43. The Labute approximate surface area is 107 Å². The number of halogens is 5. The van der Waals surface area contributed by atoms with Crippen molar-refractivity contribution < 1.29 is 13.2 Å². The molecule has 0 saturated carbocycles. The molecule has 0 bridgehead atoms. The molecule has 0 spiro atoms. The maximum Gasteiger partial charge on any atom is 0.390 e. The van der Waals surface area contributed by atoms with Crippen molar-refractivity contribution in [2.24, 2.45) is 0 Å². The van der Waals surface area contributed by atoms with E-state index in [0.717, 1.165) is 0 Å². The Balaban J connectivity index is 2.86. The number of anilines is 2. The highest BCUT2D eigenvalue weighted by atomic mass is 35.5. The largest absolute Gasteiger partial charge is 0.399 e. The summed E-state index contributed by atoms with van der Waals surface area (Å²) in [6.45, 7) is -0.215. The number of nitrogens with zero attached hydrogens (tertiary/aromatic N) is 1. The normalized spacial score (nSPS) is 11.6. The van der Waals surface area contributed by atoms with Gasteiger partial charge in [-0.15, -0.1) is 0 Å². The summed E-state index contributed by atoms with van der Waals surface area (Å²) in [5, 5.41) is 0.472. The van der Waals surface area contributed by atoms with Gasteiger partial charge < -0.3 is 10.6 Å². The van der Waals surface area contributed by atoms with Gasteiger partial charge in [0.1, 0.15) is 0 Å². The van der Waals surface area contributed by atoms with E-state index in [1.165, 1.54) is 24.1 Å². The van der Waals surface area contributed by atoms with Crippen LogP contribution in [0.1, 0.15) is 6.42 Å². The Morgan fingerprint density at radius 3 is 2.12 bits per heavy atom. The monoisotopic (exact) mass is 286 g/mol. The van der Waals surface area contributed by atoms with Crippen molar-refractivity contribution in [3.8, 4) is 0 Å². The highest BCUT2D eigenvalue weighted by Crippen LogP contribution is 2.35. The van der Waals surface area contributed by atoms with E-state index in [4.69, 9.17) is 28.9 Å². The van der Waals surface area contributed by atoms with Gasteiger partial charge in [-0.1, -0.05) is 23.2 Å². The van der Waals surface area contributed by atoms with Crippen LogP contribution in [0.2, 0.25) is 10.0 Å². The number of nitrogens with two attached hydrogens (primary N) is 1. The molecule has 0 radical (unpaired) electrons. The summed E-state index contributed by atoms with van der Waals surface area (Å²) in [7, 11) is 1.50. The predicted molar refractivity (Wildman–Crippen MR) is 64.8 cm³/mol. The van der Waals surface area contributed by atoms with Gasteiger partial charge in [-0.3, -0.25) is 0 Å². The van der Waals surface area contributed by atoms with Crippen LogP contribution in [-0.4, -0.2) is 19.8 Å². The predicted octanol–water partition coefficient (Wildman–Crippen LogP) is 3.96. The molecule has 0 aliphatic rings. The Hall–Kier alpha value is -0.810. The zero-order valence-electron chi connectivity index (χ0n) is 8.98. The zero-order chi connectivity index (χ0) is 13.2. The van der Waals surface area contributed by atoms with Crippen molar-refractivity contribution in [1.29, 1.82) is 0 Å². The first kappa shape index (κ1) is 14.3. The first-order chi connectivity index (χ1) is 7.70. The second kappa shape index (κ2) is 5.23. The van der Waals surface area contributed by atoms with Crippen LogP contribution in [0.15, 0.2) is 12.1 Å². The third-order valence-corrected chi connectivity index (χ3v) is 2.73. The van der Waals surface area contributed by atoms with Gasteiger partial charge in [0.2, 0.25) is 0 Å². The van der Waals surface area contributed by atoms with Crippen molar-refractivity contribution >= 4 is 34.6 Å². The van der Waals surface area contributed by atoms with Crippen LogP contribution in [-0.2, 0) is 0 Å². The molecular weight excluding hydrogens is 276 g/mol. The van der Waals surface area contributed by atoms with E-state index in [-0.39, 0.29) is 16.6 Å². The molecule has 96 valence electrons. The average molecular weight is 287 g/mol. The Morgan fingerprint density at radius 2 is 1.71 bits per heavy atom. The van der Waals surface area contributed by atoms with Crippen molar-refractivity contribution in [1.82, 2.24) is 0 Å². The molecule has 0 atom stereocenters. The molecule has 17 heavy (non-hydrogen) atoms. The molecule has 0 amide bonds. The number of hydrogen-bond donors (Lipinski definition) is 1. The lowest BCUT2D eigenvalue weighted by Gasteiger charge is -2.22. The van der Waals surface area contributed by atoms with E-state index in [2.05, 4.69) is 0 Å². The van der Waals surface area contributed by atoms with Crippen LogP contribution >= 0.6 is 23.2 Å². The van der Waals surface area contributed by atoms with Crippen molar-refractivity contribution in [2.75, 3.05) is 24.2 Å². The fourth-order valence-corrected chi connectivity index (χ4v) is 2.15. The summed E-state index contributed by atoms with van der Waals surface area (Å²) in [5.41, 5.74) is 6.23. The molecular formula is C10H11Cl2F3N2. The quantitative estimate of drug-likeness (QED) is 0.852. The molecule has 1 rings (SSSR count). The number of alkyl halides is 3. The van der Waals surface area contributed by atoms with Crippen LogP contribution in [0.4, 0.5) is 24.5 Å². The molecule has 7 heteroatoms. The van der Waals surface area contributed by atoms with Gasteiger partial charge in [0, 0.05) is 19.3 Å². The molecule has 2 N–H and O–H groups in total. The molecule has 0 heterocycles. The topological polar surface area (TPSA) is 29.3 Å². The smallest absolute Gasteiger partial charge is 0.390 e. The van der Waals surface area contributed by atoms with E-state index < -0.39 is 12.6 Å². The fraction of sp³-hybridized carbons (Fsp3) is 0.400. The van der Waals surface area contributed by atoms with Crippen LogP contribution in [0.3, 0.4) is 0 Å². The fourth-order valence-electron chi connectivity index (χ4n) is 1.36. The summed E-state index contributed by atoms with van der Waals surface area (Å²) < 4.78 is 36.3. The molecule has 0 aromatic heterocycles.